The molecule has 0 aliphatic carbocycles. The van der Waals surface area contributed by atoms with Crippen molar-refractivity contribution < 1.29 is 4.92 Å². The topological polar surface area (TPSA) is 93.0 Å². The van der Waals surface area contributed by atoms with E-state index in [1.807, 2.05) is 6.92 Å². The van der Waals surface area contributed by atoms with E-state index < -0.39 is 4.92 Å². The van der Waals surface area contributed by atoms with Crippen molar-refractivity contribution in [2.45, 2.75) is 40.0 Å². The SMILES string of the molecule is CCCNc1ncnc(NCCCC(C)C)c1[N+](=O)[O-]. The van der Waals surface area contributed by atoms with Crippen molar-refractivity contribution in [1.82, 2.24) is 9.97 Å². The molecule has 1 rings (SSSR count). The highest BCUT2D eigenvalue weighted by atomic mass is 16.6. The summed E-state index contributed by atoms with van der Waals surface area (Å²) in [6, 6.07) is 0. The molecule has 7 nitrogen and oxygen atoms in total. The van der Waals surface area contributed by atoms with Gasteiger partial charge in [0.25, 0.3) is 0 Å². The Kier molecular flexibility index (Phi) is 6.69. The Labute approximate surface area is 119 Å². The van der Waals surface area contributed by atoms with E-state index in [-0.39, 0.29) is 17.3 Å². The van der Waals surface area contributed by atoms with Crippen molar-refractivity contribution >= 4 is 17.3 Å². The molecule has 2 N–H and O–H groups in total. The summed E-state index contributed by atoms with van der Waals surface area (Å²) in [5, 5.41) is 17.2. The molecule has 0 aliphatic rings. The van der Waals surface area contributed by atoms with E-state index >= 15 is 0 Å². The molecule has 0 saturated heterocycles. The molecule has 0 spiro atoms. The zero-order chi connectivity index (χ0) is 15.0. The van der Waals surface area contributed by atoms with E-state index in [0.29, 0.717) is 19.0 Å². The molecular formula is C13H23N5O2. The molecule has 0 saturated carbocycles. The summed E-state index contributed by atoms with van der Waals surface area (Å²) in [7, 11) is 0. The van der Waals surface area contributed by atoms with Crippen LogP contribution in [0.1, 0.15) is 40.0 Å². The van der Waals surface area contributed by atoms with Crippen molar-refractivity contribution in [3.63, 3.8) is 0 Å². The van der Waals surface area contributed by atoms with Crippen LogP contribution in [0.15, 0.2) is 6.33 Å². The average molecular weight is 281 g/mol. The zero-order valence-corrected chi connectivity index (χ0v) is 12.3. The summed E-state index contributed by atoms with van der Waals surface area (Å²) < 4.78 is 0. The molecule has 20 heavy (non-hydrogen) atoms. The number of nitrogens with zero attached hydrogens (tertiary/aromatic N) is 3. The second kappa shape index (κ2) is 8.29. The summed E-state index contributed by atoms with van der Waals surface area (Å²) in [5.74, 6) is 1.18. The third-order valence-corrected chi connectivity index (χ3v) is 2.80. The zero-order valence-electron chi connectivity index (χ0n) is 12.3. The van der Waals surface area contributed by atoms with E-state index in [2.05, 4.69) is 34.4 Å². The van der Waals surface area contributed by atoms with E-state index in [1.165, 1.54) is 6.33 Å². The third-order valence-electron chi connectivity index (χ3n) is 2.80. The van der Waals surface area contributed by atoms with Gasteiger partial charge in [-0.3, -0.25) is 10.1 Å². The first-order valence-electron chi connectivity index (χ1n) is 7.03. The maximum atomic E-state index is 11.2. The molecule has 0 aromatic carbocycles. The lowest BCUT2D eigenvalue weighted by molar-refractivity contribution is -0.383. The Hall–Kier alpha value is -1.92. The number of hydrogen-bond acceptors (Lipinski definition) is 6. The van der Waals surface area contributed by atoms with Crippen molar-refractivity contribution in [2.24, 2.45) is 5.92 Å². The fourth-order valence-corrected chi connectivity index (χ4v) is 1.77. The lowest BCUT2D eigenvalue weighted by Gasteiger charge is -2.10. The number of anilines is 2. The monoisotopic (exact) mass is 281 g/mol. The first-order valence-corrected chi connectivity index (χ1v) is 7.03. The predicted molar refractivity (Wildman–Crippen MR) is 80.0 cm³/mol. The smallest absolute Gasteiger partial charge is 0.353 e. The molecule has 0 amide bonds. The molecule has 0 aliphatic heterocycles. The van der Waals surface area contributed by atoms with Crippen molar-refractivity contribution in [2.75, 3.05) is 23.7 Å². The van der Waals surface area contributed by atoms with E-state index in [0.717, 1.165) is 19.3 Å². The normalized spacial score (nSPS) is 10.6. The van der Waals surface area contributed by atoms with Gasteiger partial charge >= 0.3 is 5.69 Å². The molecule has 1 aromatic heterocycles. The minimum atomic E-state index is -0.442. The van der Waals surface area contributed by atoms with Gasteiger partial charge in [0.15, 0.2) is 0 Å². The largest absolute Gasteiger partial charge is 0.364 e. The van der Waals surface area contributed by atoms with Gasteiger partial charge in [-0.25, -0.2) is 9.97 Å². The molecule has 1 aromatic rings. The van der Waals surface area contributed by atoms with Gasteiger partial charge in [-0.15, -0.1) is 0 Å². The Balaban J connectivity index is 2.76. The highest BCUT2D eigenvalue weighted by Gasteiger charge is 2.22. The molecular weight excluding hydrogens is 258 g/mol. The summed E-state index contributed by atoms with van der Waals surface area (Å²) in [5.41, 5.74) is -0.0782. The number of aromatic nitrogens is 2. The Bertz CT molecular complexity index is 437. The lowest BCUT2D eigenvalue weighted by atomic mass is 10.1. The van der Waals surface area contributed by atoms with Crippen LogP contribution in [0.3, 0.4) is 0 Å². The standard InChI is InChI=1S/C13H23N5O2/c1-4-7-14-12-11(18(19)20)13(17-9-16-12)15-8-5-6-10(2)3/h9-10H,4-8H2,1-3H3,(H2,14,15,16,17). The number of nitrogens with one attached hydrogen (secondary N) is 2. The van der Waals surface area contributed by atoms with Crippen LogP contribution in [0, 0.1) is 16.0 Å². The van der Waals surface area contributed by atoms with Gasteiger partial charge in [0, 0.05) is 13.1 Å². The minimum Gasteiger partial charge on any atom is -0.364 e. The molecule has 112 valence electrons. The highest BCUT2D eigenvalue weighted by molar-refractivity contribution is 5.69. The van der Waals surface area contributed by atoms with Crippen LogP contribution in [0.2, 0.25) is 0 Å². The third kappa shape index (κ3) is 4.99. The first-order chi connectivity index (χ1) is 9.56. The van der Waals surface area contributed by atoms with Crippen molar-refractivity contribution in [3.8, 4) is 0 Å². The van der Waals surface area contributed by atoms with E-state index in [1.54, 1.807) is 0 Å². The summed E-state index contributed by atoms with van der Waals surface area (Å²) in [6.07, 6.45) is 4.25. The van der Waals surface area contributed by atoms with Crippen LogP contribution in [0.5, 0.6) is 0 Å². The van der Waals surface area contributed by atoms with Gasteiger partial charge in [-0.05, 0) is 25.2 Å². The second-order valence-electron chi connectivity index (χ2n) is 5.07. The van der Waals surface area contributed by atoms with E-state index in [4.69, 9.17) is 0 Å². The fourth-order valence-electron chi connectivity index (χ4n) is 1.77. The van der Waals surface area contributed by atoms with Crippen LogP contribution in [0.4, 0.5) is 17.3 Å². The van der Waals surface area contributed by atoms with E-state index in [9.17, 15) is 10.1 Å². The molecule has 0 unspecified atom stereocenters. The first kappa shape index (κ1) is 16.1. The molecule has 0 radical (unpaired) electrons. The van der Waals surface area contributed by atoms with Crippen LogP contribution < -0.4 is 10.6 Å². The van der Waals surface area contributed by atoms with Gasteiger partial charge in [-0.2, -0.15) is 0 Å². The maximum absolute atomic E-state index is 11.2. The second-order valence-corrected chi connectivity index (χ2v) is 5.07. The Morgan fingerprint density at radius 2 is 1.85 bits per heavy atom. The Morgan fingerprint density at radius 1 is 1.25 bits per heavy atom. The van der Waals surface area contributed by atoms with Crippen LogP contribution >= 0.6 is 0 Å². The molecule has 0 fully saturated rings. The van der Waals surface area contributed by atoms with Crippen LogP contribution in [-0.2, 0) is 0 Å². The number of nitro groups is 1. The molecule has 1 heterocycles. The van der Waals surface area contributed by atoms with Gasteiger partial charge in [0.2, 0.25) is 11.6 Å². The molecule has 7 heteroatoms. The highest BCUT2D eigenvalue weighted by Crippen LogP contribution is 2.28. The van der Waals surface area contributed by atoms with Crippen molar-refractivity contribution in [3.05, 3.63) is 16.4 Å². The maximum Gasteiger partial charge on any atom is 0.353 e. The van der Waals surface area contributed by atoms with Crippen LogP contribution in [-0.4, -0.2) is 28.0 Å². The predicted octanol–water partition coefficient (Wildman–Crippen LogP) is 3.05. The average Bonchev–Trinajstić information content (AvgIpc) is 2.40. The summed E-state index contributed by atoms with van der Waals surface area (Å²) >= 11 is 0. The quantitative estimate of drug-likeness (QED) is 0.410. The molecule has 0 bridgehead atoms. The van der Waals surface area contributed by atoms with Gasteiger partial charge < -0.3 is 10.6 Å². The number of rotatable bonds is 9. The van der Waals surface area contributed by atoms with Gasteiger partial charge in [0.1, 0.15) is 6.33 Å². The summed E-state index contributed by atoms with van der Waals surface area (Å²) in [6.45, 7) is 7.61. The van der Waals surface area contributed by atoms with Crippen LogP contribution in [0.25, 0.3) is 0 Å². The molecule has 0 atom stereocenters. The fraction of sp³-hybridized carbons (Fsp3) is 0.692. The number of hydrogen-bond donors (Lipinski definition) is 2. The van der Waals surface area contributed by atoms with Crippen molar-refractivity contribution in [1.29, 1.82) is 0 Å². The summed E-state index contributed by atoms with van der Waals surface area (Å²) in [4.78, 5) is 18.7. The minimum absolute atomic E-state index is 0.0782. The Morgan fingerprint density at radius 3 is 2.35 bits per heavy atom. The lowest BCUT2D eigenvalue weighted by Crippen LogP contribution is -2.11. The van der Waals surface area contributed by atoms with Gasteiger partial charge in [-0.1, -0.05) is 20.8 Å². The van der Waals surface area contributed by atoms with Gasteiger partial charge in [0.05, 0.1) is 4.92 Å².